The number of carbonyl (C=O) groups is 1. The molecule has 11 heteroatoms. The summed E-state index contributed by atoms with van der Waals surface area (Å²) in [6.45, 7) is 0.0178. The van der Waals surface area contributed by atoms with Crippen molar-refractivity contribution >= 4 is 21.6 Å². The maximum atomic E-state index is 14.2. The summed E-state index contributed by atoms with van der Waals surface area (Å²) >= 11 is 0. The van der Waals surface area contributed by atoms with Crippen LogP contribution in [0.25, 0.3) is 0 Å². The highest BCUT2D eigenvalue weighted by Gasteiger charge is 2.28. The molecule has 164 valence electrons. The van der Waals surface area contributed by atoms with Gasteiger partial charge in [-0.15, -0.1) is 0 Å². The van der Waals surface area contributed by atoms with Crippen molar-refractivity contribution in [2.75, 3.05) is 26.0 Å². The van der Waals surface area contributed by atoms with E-state index < -0.39 is 34.5 Å². The van der Waals surface area contributed by atoms with Gasteiger partial charge in [-0.3, -0.25) is 4.79 Å². The minimum Gasteiger partial charge on any atom is -0.381 e. The quantitative estimate of drug-likeness (QED) is 0.639. The van der Waals surface area contributed by atoms with Crippen molar-refractivity contribution in [1.29, 1.82) is 0 Å². The molecule has 30 heavy (non-hydrogen) atoms. The lowest BCUT2D eigenvalue weighted by molar-refractivity contribution is -0.123. The van der Waals surface area contributed by atoms with Crippen molar-refractivity contribution in [3.8, 4) is 0 Å². The maximum absolute atomic E-state index is 14.2. The molecule has 0 aliphatic carbocycles. The summed E-state index contributed by atoms with van der Waals surface area (Å²) in [5.74, 6) is -1.82. The smallest absolute Gasteiger partial charge is 0.381 e. The van der Waals surface area contributed by atoms with Gasteiger partial charge in [-0.2, -0.15) is 13.2 Å². The van der Waals surface area contributed by atoms with E-state index in [4.69, 9.17) is 0 Å². The average Bonchev–Trinajstić information content (AvgIpc) is 2.66. The molecule has 0 unspecified atom stereocenters. The summed E-state index contributed by atoms with van der Waals surface area (Å²) in [5.41, 5.74) is 0.672. The minimum absolute atomic E-state index is 0.0787. The van der Waals surface area contributed by atoms with Gasteiger partial charge in [-0.1, -0.05) is 12.1 Å². The van der Waals surface area contributed by atoms with E-state index >= 15 is 0 Å². The molecule has 0 aromatic heterocycles. The molecule has 0 bridgehead atoms. The number of benzene rings is 2. The molecule has 0 atom stereocenters. The highest BCUT2D eigenvalue weighted by molar-refractivity contribution is 7.89. The molecular formula is C19H21F4N3O3S. The van der Waals surface area contributed by atoms with Crippen LogP contribution in [-0.4, -0.2) is 45.4 Å². The van der Waals surface area contributed by atoms with Gasteiger partial charge in [0.05, 0.1) is 4.90 Å². The van der Waals surface area contributed by atoms with Crippen molar-refractivity contribution < 1.29 is 30.8 Å². The largest absolute Gasteiger partial charge is 0.405 e. The van der Waals surface area contributed by atoms with Crippen LogP contribution in [0, 0.1) is 12.7 Å². The second-order valence-electron chi connectivity index (χ2n) is 6.72. The standard InChI is InChI=1S/C19H21F4N3O3S/c1-12-16(20)8-14(18(27)25-11-19(21,22)23)9-17(12)24-10-13-5-4-6-15(7-13)30(28,29)26(2)3/h4-9,24H,10-11H2,1-3H3,(H,25,27). The number of carbonyl (C=O) groups excluding carboxylic acids is 1. The van der Waals surface area contributed by atoms with Crippen LogP contribution < -0.4 is 10.6 Å². The molecule has 0 radical (unpaired) electrons. The van der Waals surface area contributed by atoms with Crippen molar-refractivity contribution in [2.45, 2.75) is 24.5 Å². The topological polar surface area (TPSA) is 78.5 Å². The van der Waals surface area contributed by atoms with E-state index in [9.17, 15) is 30.8 Å². The maximum Gasteiger partial charge on any atom is 0.405 e. The van der Waals surface area contributed by atoms with Gasteiger partial charge in [0.15, 0.2) is 0 Å². The molecule has 0 aliphatic heterocycles. The first-order chi connectivity index (χ1) is 13.8. The van der Waals surface area contributed by atoms with Crippen LogP contribution in [0.3, 0.4) is 0 Å². The summed E-state index contributed by atoms with van der Waals surface area (Å²) in [5, 5.41) is 4.59. The number of halogens is 4. The van der Waals surface area contributed by atoms with E-state index in [0.29, 0.717) is 5.56 Å². The number of hydrogen-bond acceptors (Lipinski definition) is 4. The first-order valence-corrected chi connectivity index (χ1v) is 10.2. The van der Waals surface area contributed by atoms with Gasteiger partial charge < -0.3 is 10.6 Å². The fourth-order valence-corrected chi connectivity index (χ4v) is 3.47. The van der Waals surface area contributed by atoms with Crippen LogP contribution in [-0.2, 0) is 16.6 Å². The van der Waals surface area contributed by atoms with Crippen LogP contribution in [0.15, 0.2) is 41.3 Å². The van der Waals surface area contributed by atoms with Gasteiger partial charge in [-0.25, -0.2) is 17.1 Å². The Labute approximate surface area is 171 Å². The summed E-state index contributed by atoms with van der Waals surface area (Å²) < 4.78 is 76.6. The van der Waals surface area contributed by atoms with Gasteiger partial charge >= 0.3 is 6.18 Å². The third kappa shape index (κ3) is 5.92. The zero-order chi connectivity index (χ0) is 22.7. The Morgan fingerprint density at radius 1 is 1.13 bits per heavy atom. The van der Waals surface area contributed by atoms with Crippen molar-refractivity contribution in [1.82, 2.24) is 9.62 Å². The SMILES string of the molecule is Cc1c(F)cc(C(=O)NCC(F)(F)F)cc1NCc1cccc(S(=O)(=O)N(C)C)c1. The van der Waals surface area contributed by atoms with Gasteiger partial charge in [0.25, 0.3) is 5.91 Å². The van der Waals surface area contributed by atoms with Crippen LogP contribution in [0.1, 0.15) is 21.5 Å². The summed E-state index contributed by atoms with van der Waals surface area (Å²) in [6.07, 6.45) is -4.59. The lowest BCUT2D eigenvalue weighted by atomic mass is 10.1. The first kappa shape index (κ1) is 23.6. The molecule has 0 saturated carbocycles. The molecule has 0 aliphatic rings. The number of nitrogens with one attached hydrogen (secondary N) is 2. The predicted molar refractivity (Wildman–Crippen MR) is 104 cm³/mol. The van der Waals surface area contributed by atoms with Gasteiger partial charge in [0, 0.05) is 37.5 Å². The van der Waals surface area contributed by atoms with E-state index in [2.05, 4.69) is 5.32 Å². The molecule has 1 amide bonds. The monoisotopic (exact) mass is 447 g/mol. The average molecular weight is 447 g/mol. The second kappa shape index (κ2) is 9.00. The lowest BCUT2D eigenvalue weighted by Gasteiger charge is -2.15. The van der Waals surface area contributed by atoms with Crippen LogP contribution in [0.5, 0.6) is 0 Å². The number of rotatable bonds is 7. The Bertz CT molecular complexity index is 1040. The molecule has 6 nitrogen and oxygen atoms in total. The minimum atomic E-state index is -4.59. The fourth-order valence-electron chi connectivity index (χ4n) is 2.50. The van der Waals surface area contributed by atoms with Crippen LogP contribution in [0.2, 0.25) is 0 Å². The third-order valence-electron chi connectivity index (χ3n) is 4.22. The van der Waals surface area contributed by atoms with Gasteiger partial charge in [-0.05, 0) is 36.8 Å². The van der Waals surface area contributed by atoms with E-state index in [1.165, 1.54) is 39.2 Å². The second-order valence-corrected chi connectivity index (χ2v) is 8.87. The third-order valence-corrected chi connectivity index (χ3v) is 6.03. The molecule has 2 N–H and O–H groups in total. The molecule has 0 spiro atoms. The number of sulfonamides is 1. The fraction of sp³-hybridized carbons (Fsp3) is 0.316. The number of alkyl halides is 3. The summed E-state index contributed by atoms with van der Waals surface area (Å²) in [4.78, 5) is 12.0. The molecule has 2 aromatic rings. The molecule has 0 heterocycles. The van der Waals surface area contributed by atoms with E-state index in [-0.39, 0.29) is 28.3 Å². The van der Waals surface area contributed by atoms with Gasteiger partial charge in [0.2, 0.25) is 10.0 Å². The summed E-state index contributed by atoms with van der Waals surface area (Å²) in [6, 6.07) is 8.21. The zero-order valence-electron chi connectivity index (χ0n) is 16.5. The van der Waals surface area contributed by atoms with Crippen molar-refractivity contribution in [2.24, 2.45) is 0 Å². The predicted octanol–water partition coefficient (Wildman–Crippen LogP) is 3.29. The Morgan fingerprint density at radius 3 is 2.40 bits per heavy atom. The summed E-state index contributed by atoms with van der Waals surface area (Å²) in [7, 11) is -0.824. The number of amides is 1. The number of hydrogen-bond donors (Lipinski definition) is 2. The molecular weight excluding hydrogens is 426 g/mol. The molecule has 2 rings (SSSR count). The van der Waals surface area contributed by atoms with Gasteiger partial charge in [0.1, 0.15) is 12.4 Å². The number of anilines is 1. The van der Waals surface area contributed by atoms with E-state index in [1.807, 2.05) is 0 Å². The van der Waals surface area contributed by atoms with E-state index in [1.54, 1.807) is 17.4 Å². The first-order valence-electron chi connectivity index (χ1n) is 8.71. The molecule has 0 saturated heterocycles. The Morgan fingerprint density at radius 2 is 1.80 bits per heavy atom. The normalized spacial score (nSPS) is 12.1. The van der Waals surface area contributed by atoms with Crippen molar-refractivity contribution in [3.05, 3.63) is 58.9 Å². The lowest BCUT2D eigenvalue weighted by Crippen LogP contribution is -2.33. The Hall–Kier alpha value is -2.66. The highest BCUT2D eigenvalue weighted by Crippen LogP contribution is 2.23. The van der Waals surface area contributed by atoms with Crippen LogP contribution >= 0.6 is 0 Å². The Kier molecular flexibility index (Phi) is 7.09. The zero-order valence-corrected chi connectivity index (χ0v) is 17.3. The van der Waals surface area contributed by atoms with Crippen LogP contribution in [0.4, 0.5) is 23.2 Å². The Balaban J connectivity index is 2.21. The van der Waals surface area contributed by atoms with Crippen molar-refractivity contribution in [3.63, 3.8) is 0 Å². The highest BCUT2D eigenvalue weighted by atomic mass is 32.2. The van der Waals surface area contributed by atoms with E-state index in [0.717, 1.165) is 10.4 Å². The molecule has 2 aromatic carbocycles. The molecule has 0 fully saturated rings. The number of nitrogens with zero attached hydrogens (tertiary/aromatic N) is 1.